The van der Waals surface area contributed by atoms with Gasteiger partial charge in [-0.25, -0.2) is 0 Å². The number of hydrogen-bond donors (Lipinski definition) is 0. The second kappa shape index (κ2) is 6.39. The van der Waals surface area contributed by atoms with Crippen molar-refractivity contribution in [2.24, 2.45) is 0 Å². The molecule has 0 bridgehead atoms. The van der Waals surface area contributed by atoms with Crippen molar-refractivity contribution in [3.8, 4) is 0 Å². The maximum atomic E-state index is 12.2. The van der Waals surface area contributed by atoms with Gasteiger partial charge >= 0.3 is 0 Å². The van der Waals surface area contributed by atoms with Gasteiger partial charge in [-0.2, -0.15) is 8.42 Å². The first-order chi connectivity index (χ1) is 9.92. The number of halogens is 1. The molecule has 0 saturated heterocycles. The highest BCUT2D eigenvalue weighted by Crippen LogP contribution is 2.24. The van der Waals surface area contributed by atoms with Crippen molar-refractivity contribution in [2.75, 3.05) is 0 Å². The normalized spacial score (nSPS) is 12.9. The van der Waals surface area contributed by atoms with Crippen LogP contribution in [0.2, 0.25) is 5.02 Å². The van der Waals surface area contributed by atoms with Crippen LogP contribution >= 0.6 is 11.6 Å². The Labute approximate surface area is 128 Å². The molecule has 0 heterocycles. The summed E-state index contributed by atoms with van der Waals surface area (Å²) in [6.45, 7) is 1.84. The number of rotatable bonds is 5. The van der Waals surface area contributed by atoms with E-state index in [0.29, 0.717) is 16.9 Å². The minimum Gasteiger partial charge on any atom is -0.300 e. The van der Waals surface area contributed by atoms with Crippen molar-refractivity contribution in [2.45, 2.75) is 17.9 Å². The van der Waals surface area contributed by atoms with Gasteiger partial charge in [-0.3, -0.25) is 4.18 Å². The predicted octanol–water partition coefficient (Wildman–Crippen LogP) is 3.29. The van der Waals surface area contributed by atoms with Crippen molar-refractivity contribution >= 4 is 28.0 Å². The second-order valence-electron chi connectivity index (χ2n) is 4.48. The number of carbonyl (C=O) groups is 1. The molecule has 2 aromatic rings. The summed E-state index contributed by atoms with van der Waals surface area (Å²) >= 11 is 5.83. The van der Waals surface area contributed by atoms with E-state index in [0.717, 1.165) is 5.56 Å². The summed E-state index contributed by atoms with van der Waals surface area (Å²) in [4.78, 5) is 11.1. The molecule has 0 amide bonds. The van der Waals surface area contributed by atoms with Gasteiger partial charge in [-0.1, -0.05) is 41.4 Å². The standard InChI is InChI=1S/C15H13ClO4S/c1-11-5-7-14(8-6-11)21(18,19)20-15(10-17)12-3-2-4-13(16)9-12/h2-10,15H,1H3. The van der Waals surface area contributed by atoms with E-state index in [2.05, 4.69) is 0 Å². The molecule has 110 valence electrons. The van der Waals surface area contributed by atoms with Crippen LogP contribution < -0.4 is 0 Å². The van der Waals surface area contributed by atoms with Gasteiger partial charge in [0.25, 0.3) is 10.1 Å². The Bertz CT molecular complexity index is 739. The lowest BCUT2D eigenvalue weighted by Crippen LogP contribution is -2.13. The van der Waals surface area contributed by atoms with E-state index in [1.54, 1.807) is 30.3 Å². The van der Waals surface area contributed by atoms with Crippen LogP contribution in [0.15, 0.2) is 53.4 Å². The number of aldehydes is 1. The van der Waals surface area contributed by atoms with E-state index < -0.39 is 16.2 Å². The van der Waals surface area contributed by atoms with E-state index in [-0.39, 0.29) is 4.90 Å². The predicted molar refractivity (Wildman–Crippen MR) is 79.7 cm³/mol. The van der Waals surface area contributed by atoms with Crippen LogP contribution in [0.4, 0.5) is 0 Å². The summed E-state index contributed by atoms with van der Waals surface area (Å²) in [6.07, 6.45) is -0.799. The van der Waals surface area contributed by atoms with E-state index in [1.807, 2.05) is 6.92 Å². The molecule has 0 spiro atoms. The Balaban J connectivity index is 2.29. The summed E-state index contributed by atoms with van der Waals surface area (Å²) in [5.74, 6) is 0. The maximum absolute atomic E-state index is 12.2. The maximum Gasteiger partial charge on any atom is 0.297 e. The molecule has 2 rings (SSSR count). The molecule has 1 atom stereocenters. The fourth-order valence-corrected chi connectivity index (χ4v) is 2.95. The molecule has 0 aliphatic carbocycles. The van der Waals surface area contributed by atoms with Crippen LogP contribution in [0, 0.1) is 6.92 Å². The molecule has 0 aromatic heterocycles. The largest absolute Gasteiger partial charge is 0.300 e. The molecule has 21 heavy (non-hydrogen) atoms. The Morgan fingerprint density at radius 1 is 1.14 bits per heavy atom. The van der Waals surface area contributed by atoms with Gasteiger partial charge in [0.2, 0.25) is 0 Å². The highest BCUT2D eigenvalue weighted by molar-refractivity contribution is 7.86. The number of aryl methyl sites for hydroxylation is 1. The first-order valence-corrected chi connectivity index (χ1v) is 7.92. The summed E-state index contributed by atoms with van der Waals surface area (Å²) in [5.41, 5.74) is 1.31. The number of benzene rings is 2. The number of carbonyl (C=O) groups excluding carboxylic acids is 1. The minimum absolute atomic E-state index is 0.00183. The van der Waals surface area contributed by atoms with Gasteiger partial charge < -0.3 is 4.79 Å². The lowest BCUT2D eigenvalue weighted by molar-refractivity contribution is -0.113. The summed E-state index contributed by atoms with van der Waals surface area (Å²) in [7, 11) is -4.02. The minimum atomic E-state index is -4.02. The smallest absolute Gasteiger partial charge is 0.297 e. The Morgan fingerprint density at radius 2 is 1.81 bits per heavy atom. The summed E-state index contributed by atoms with van der Waals surface area (Å²) in [6, 6.07) is 12.5. The van der Waals surface area contributed by atoms with Crippen LogP contribution in [-0.2, 0) is 19.1 Å². The van der Waals surface area contributed by atoms with Gasteiger partial charge in [0.05, 0.1) is 4.90 Å². The van der Waals surface area contributed by atoms with Crippen molar-refractivity contribution in [1.82, 2.24) is 0 Å². The average molecular weight is 325 g/mol. The van der Waals surface area contributed by atoms with Crippen LogP contribution in [-0.4, -0.2) is 14.7 Å². The quantitative estimate of drug-likeness (QED) is 0.625. The van der Waals surface area contributed by atoms with Crippen molar-refractivity contribution in [1.29, 1.82) is 0 Å². The molecule has 4 nitrogen and oxygen atoms in total. The van der Waals surface area contributed by atoms with Gasteiger partial charge in [-0.15, -0.1) is 0 Å². The molecule has 0 N–H and O–H groups in total. The van der Waals surface area contributed by atoms with Crippen molar-refractivity contribution < 1.29 is 17.4 Å². The Hall–Kier alpha value is -1.69. The molecule has 0 saturated carbocycles. The van der Waals surface area contributed by atoms with Crippen LogP contribution in [0.1, 0.15) is 17.2 Å². The average Bonchev–Trinajstić information content (AvgIpc) is 2.45. The highest BCUT2D eigenvalue weighted by atomic mass is 35.5. The van der Waals surface area contributed by atoms with Crippen molar-refractivity contribution in [3.63, 3.8) is 0 Å². The monoisotopic (exact) mass is 324 g/mol. The van der Waals surface area contributed by atoms with E-state index in [4.69, 9.17) is 15.8 Å². The van der Waals surface area contributed by atoms with Crippen LogP contribution in [0.5, 0.6) is 0 Å². The molecule has 0 aliphatic rings. The lowest BCUT2D eigenvalue weighted by atomic mass is 10.1. The fourth-order valence-electron chi connectivity index (χ4n) is 1.74. The Morgan fingerprint density at radius 3 is 2.38 bits per heavy atom. The lowest BCUT2D eigenvalue weighted by Gasteiger charge is -2.12. The van der Waals surface area contributed by atoms with Gasteiger partial charge in [0, 0.05) is 5.02 Å². The first kappa shape index (κ1) is 15.7. The molecule has 0 fully saturated rings. The van der Waals surface area contributed by atoms with Gasteiger partial charge in [0.15, 0.2) is 12.4 Å². The van der Waals surface area contributed by atoms with Gasteiger partial charge in [-0.05, 0) is 36.8 Å². The van der Waals surface area contributed by atoms with Gasteiger partial charge in [0.1, 0.15) is 0 Å². The third-order valence-electron chi connectivity index (χ3n) is 2.84. The zero-order valence-electron chi connectivity index (χ0n) is 11.2. The van der Waals surface area contributed by atoms with E-state index >= 15 is 0 Å². The third-order valence-corrected chi connectivity index (χ3v) is 4.39. The molecule has 2 aromatic carbocycles. The molecular formula is C15H13ClO4S. The van der Waals surface area contributed by atoms with Crippen molar-refractivity contribution in [3.05, 3.63) is 64.7 Å². The van der Waals surface area contributed by atoms with Crippen LogP contribution in [0.25, 0.3) is 0 Å². The highest BCUT2D eigenvalue weighted by Gasteiger charge is 2.23. The molecule has 0 aliphatic heterocycles. The molecule has 6 heteroatoms. The van der Waals surface area contributed by atoms with Crippen LogP contribution in [0.3, 0.4) is 0 Å². The van der Waals surface area contributed by atoms with E-state index in [9.17, 15) is 13.2 Å². The first-order valence-electron chi connectivity index (χ1n) is 6.13. The SMILES string of the molecule is Cc1ccc(S(=O)(=O)OC(C=O)c2cccc(Cl)c2)cc1. The molecular weight excluding hydrogens is 312 g/mol. The zero-order chi connectivity index (χ0) is 15.5. The molecule has 1 unspecified atom stereocenters. The summed E-state index contributed by atoms with van der Waals surface area (Å²) < 4.78 is 29.3. The third kappa shape index (κ3) is 3.91. The van der Waals surface area contributed by atoms with E-state index in [1.165, 1.54) is 18.2 Å². The fraction of sp³-hybridized carbons (Fsp3) is 0.133. The summed E-state index contributed by atoms with van der Waals surface area (Å²) in [5, 5.41) is 0.399. The molecule has 0 radical (unpaired) electrons. The number of hydrogen-bond acceptors (Lipinski definition) is 4. The zero-order valence-corrected chi connectivity index (χ0v) is 12.8. The topological polar surface area (TPSA) is 60.4 Å². The second-order valence-corrected chi connectivity index (χ2v) is 6.48. The Kier molecular flexibility index (Phi) is 4.77.